The van der Waals surface area contributed by atoms with Gasteiger partial charge in [-0.3, -0.25) is 0 Å². The van der Waals surface area contributed by atoms with Crippen molar-refractivity contribution in [2.24, 2.45) is 0 Å². The molecule has 0 aliphatic carbocycles. The van der Waals surface area contributed by atoms with Gasteiger partial charge in [-0.15, -0.1) is 0 Å². The largest absolute Gasteiger partial charge is 0.459 e. The topological polar surface area (TPSA) is 46.5 Å². The Balaban J connectivity index is 2.47. The number of rotatable bonds is 4. The second-order valence-corrected chi connectivity index (χ2v) is 3.31. The zero-order valence-corrected chi connectivity index (χ0v) is 8.64. The number of benzene rings is 1. The van der Waals surface area contributed by atoms with Crippen LogP contribution >= 0.6 is 0 Å². The van der Waals surface area contributed by atoms with Crippen molar-refractivity contribution in [2.75, 3.05) is 6.61 Å². The molecule has 1 unspecified atom stereocenters. The predicted molar refractivity (Wildman–Crippen MR) is 57.2 cm³/mol. The zero-order valence-electron chi connectivity index (χ0n) is 8.64. The molecule has 0 aliphatic heterocycles. The van der Waals surface area contributed by atoms with Crippen LogP contribution in [0.2, 0.25) is 0 Å². The fraction of sp³-hybridized carbons (Fsp3) is 0.250. The van der Waals surface area contributed by atoms with E-state index in [0.29, 0.717) is 5.57 Å². The van der Waals surface area contributed by atoms with Crippen molar-refractivity contribution in [2.45, 2.75) is 13.0 Å². The second-order valence-electron chi connectivity index (χ2n) is 3.31. The van der Waals surface area contributed by atoms with E-state index in [9.17, 15) is 9.90 Å². The number of aliphatic hydroxyl groups is 1. The summed E-state index contributed by atoms with van der Waals surface area (Å²) in [6.07, 6.45) is -0.783. The van der Waals surface area contributed by atoms with E-state index in [0.717, 1.165) is 5.56 Å². The number of carbonyl (C=O) groups excluding carboxylic acids is 1. The molecular weight excluding hydrogens is 192 g/mol. The minimum atomic E-state index is -0.783. The number of hydrogen-bond donors (Lipinski definition) is 1. The number of hydrogen-bond acceptors (Lipinski definition) is 3. The van der Waals surface area contributed by atoms with Gasteiger partial charge in [-0.2, -0.15) is 0 Å². The van der Waals surface area contributed by atoms with Crippen molar-refractivity contribution in [1.29, 1.82) is 0 Å². The van der Waals surface area contributed by atoms with Gasteiger partial charge >= 0.3 is 5.97 Å². The van der Waals surface area contributed by atoms with Crippen molar-refractivity contribution >= 4 is 5.97 Å². The van der Waals surface area contributed by atoms with Gasteiger partial charge in [-0.05, 0) is 12.5 Å². The predicted octanol–water partition coefficient (Wildman–Crippen LogP) is 1.84. The molecule has 1 N–H and O–H groups in total. The maximum atomic E-state index is 11.0. The van der Waals surface area contributed by atoms with E-state index >= 15 is 0 Å². The van der Waals surface area contributed by atoms with Crippen LogP contribution in [0.5, 0.6) is 0 Å². The molecule has 0 amide bonds. The summed E-state index contributed by atoms with van der Waals surface area (Å²) in [5.74, 6) is -0.481. The molecule has 0 saturated heterocycles. The number of aliphatic hydroxyl groups excluding tert-OH is 1. The molecule has 0 saturated carbocycles. The third-order valence-corrected chi connectivity index (χ3v) is 1.91. The van der Waals surface area contributed by atoms with Crippen LogP contribution in [0.3, 0.4) is 0 Å². The Morgan fingerprint density at radius 1 is 1.47 bits per heavy atom. The lowest BCUT2D eigenvalue weighted by Crippen LogP contribution is -2.12. The van der Waals surface area contributed by atoms with E-state index in [2.05, 4.69) is 6.58 Å². The minimum absolute atomic E-state index is 0.0459. The normalized spacial score (nSPS) is 11.9. The molecule has 1 aromatic rings. The highest BCUT2D eigenvalue weighted by Crippen LogP contribution is 2.12. The molecular formula is C12H14O3. The van der Waals surface area contributed by atoms with Gasteiger partial charge in [-0.1, -0.05) is 36.9 Å². The van der Waals surface area contributed by atoms with Crippen LogP contribution in [0.1, 0.15) is 18.6 Å². The Bertz CT molecular complexity index is 343. The Kier molecular flexibility index (Phi) is 4.06. The van der Waals surface area contributed by atoms with E-state index in [1.165, 1.54) is 0 Å². The first-order chi connectivity index (χ1) is 7.11. The Morgan fingerprint density at radius 2 is 2.07 bits per heavy atom. The van der Waals surface area contributed by atoms with Crippen molar-refractivity contribution < 1.29 is 14.6 Å². The van der Waals surface area contributed by atoms with Gasteiger partial charge in [0.1, 0.15) is 12.7 Å². The summed E-state index contributed by atoms with van der Waals surface area (Å²) in [5.41, 5.74) is 1.06. The van der Waals surface area contributed by atoms with Crippen LogP contribution in [0, 0.1) is 0 Å². The van der Waals surface area contributed by atoms with Crippen LogP contribution in [0.4, 0.5) is 0 Å². The van der Waals surface area contributed by atoms with Crippen molar-refractivity contribution in [3.05, 3.63) is 48.0 Å². The standard InChI is InChI=1S/C12H14O3/c1-9(2)12(14)15-8-11(13)10-6-4-3-5-7-10/h3-7,11,13H,1,8H2,2H3. The van der Waals surface area contributed by atoms with E-state index in [1.54, 1.807) is 19.1 Å². The average Bonchev–Trinajstić information content (AvgIpc) is 2.26. The number of esters is 1. The summed E-state index contributed by atoms with van der Waals surface area (Å²) in [7, 11) is 0. The first-order valence-electron chi connectivity index (χ1n) is 4.67. The lowest BCUT2D eigenvalue weighted by Gasteiger charge is -2.11. The van der Waals surface area contributed by atoms with Gasteiger partial charge in [0, 0.05) is 5.57 Å². The van der Waals surface area contributed by atoms with Crippen molar-refractivity contribution in [3.8, 4) is 0 Å². The zero-order chi connectivity index (χ0) is 11.3. The summed E-state index contributed by atoms with van der Waals surface area (Å²) in [4.78, 5) is 11.0. The summed E-state index contributed by atoms with van der Waals surface area (Å²) < 4.78 is 4.83. The first-order valence-corrected chi connectivity index (χ1v) is 4.67. The van der Waals surface area contributed by atoms with Crippen molar-refractivity contribution in [1.82, 2.24) is 0 Å². The molecule has 0 spiro atoms. The van der Waals surface area contributed by atoms with Gasteiger partial charge in [0.05, 0.1) is 0 Å². The minimum Gasteiger partial charge on any atom is -0.459 e. The molecule has 1 aromatic carbocycles. The molecule has 0 fully saturated rings. The van der Waals surface area contributed by atoms with Crippen LogP contribution < -0.4 is 0 Å². The lowest BCUT2D eigenvalue weighted by atomic mass is 10.1. The molecule has 15 heavy (non-hydrogen) atoms. The maximum absolute atomic E-state index is 11.0. The van der Waals surface area contributed by atoms with E-state index < -0.39 is 12.1 Å². The smallest absolute Gasteiger partial charge is 0.333 e. The highest BCUT2D eigenvalue weighted by molar-refractivity contribution is 5.86. The molecule has 0 radical (unpaired) electrons. The third-order valence-electron chi connectivity index (χ3n) is 1.91. The maximum Gasteiger partial charge on any atom is 0.333 e. The van der Waals surface area contributed by atoms with Gasteiger partial charge in [0.15, 0.2) is 0 Å². The second kappa shape index (κ2) is 5.32. The molecule has 0 aromatic heterocycles. The fourth-order valence-corrected chi connectivity index (χ4v) is 1.05. The quantitative estimate of drug-likeness (QED) is 0.604. The van der Waals surface area contributed by atoms with Gasteiger partial charge in [-0.25, -0.2) is 4.79 Å². The van der Waals surface area contributed by atoms with Crippen LogP contribution in [-0.4, -0.2) is 17.7 Å². The SMILES string of the molecule is C=C(C)C(=O)OCC(O)c1ccccc1. The summed E-state index contributed by atoms with van der Waals surface area (Å²) in [6.45, 7) is 4.97. The van der Waals surface area contributed by atoms with Gasteiger partial charge in [0.25, 0.3) is 0 Å². The van der Waals surface area contributed by atoms with E-state index in [4.69, 9.17) is 4.74 Å². The summed E-state index contributed by atoms with van der Waals surface area (Å²) >= 11 is 0. The summed E-state index contributed by atoms with van der Waals surface area (Å²) in [5, 5.41) is 9.64. The van der Waals surface area contributed by atoms with Crippen molar-refractivity contribution in [3.63, 3.8) is 0 Å². The fourth-order valence-electron chi connectivity index (χ4n) is 1.05. The molecule has 0 bridgehead atoms. The Hall–Kier alpha value is -1.61. The molecule has 0 aliphatic rings. The van der Waals surface area contributed by atoms with Gasteiger partial charge < -0.3 is 9.84 Å². The Labute approximate surface area is 89.0 Å². The molecule has 0 heterocycles. The lowest BCUT2D eigenvalue weighted by molar-refractivity contribution is -0.142. The first kappa shape index (κ1) is 11.5. The molecule has 1 rings (SSSR count). The third kappa shape index (κ3) is 3.56. The molecule has 3 heteroatoms. The highest BCUT2D eigenvalue weighted by atomic mass is 16.5. The highest BCUT2D eigenvalue weighted by Gasteiger charge is 2.10. The van der Waals surface area contributed by atoms with Gasteiger partial charge in [0.2, 0.25) is 0 Å². The van der Waals surface area contributed by atoms with E-state index in [-0.39, 0.29) is 6.61 Å². The molecule has 3 nitrogen and oxygen atoms in total. The average molecular weight is 206 g/mol. The van der Waals surface area contributed by atoms with Crippen LogP contribution in [-0.2, 0) is 9.53 Å². The monoisotopic (exact) mass is 206 g/mol. The number of ether oxygens (including phenoxy) is 1. The molecule has 80 valence electrons. The number of carbonyl (C=O) groups is 1. The Morgan fingerprint density at radius 3 is 2.60 bits per heavy atom. The van der Waals surface area contributed by atoms with Crippen LogP contribution in [0.25, 0.3) is 0 Å². The molecule has 1 atom stereocenters. The summed E-state index contributed by atoms with van der Waals surface area (Å²) in [6, 6.07) is 9.05. The van der Waals surface area contributed by atoms with E-state index in [1.807, 2.05) is 18.2 Å². The van der Waals surface area contributed by atoms with Crippen LogP contribution in [0.15, 0.2) is 42.5 Å².